The van der Waals surface area contributed by atoms with E-state index < -0.39 is 30.6 Å². The third-order valence-corrected chi connectivity index (χ3v) is 6.77. The zero-order valence-corrected chi connectivity index (χ0v) is 21.1. The van der Waals surface area contributed by atoms with E-state index in [0.29, 0.717) is 5.69 Å². The van der Waals surface area contributed by atoms with Gasteiger partial charge in [0.2, 0.25) is 5.91 Å². The van der Waals surface area contributed by atoms with Gasteiger partial charge in [0.1, 0.15) is 19.2 Å². The van der Waals surface area contributed by atoms with Gasteiger partial charge in [0.05, 0.1) is 6.33 Å². The van der Waals surface area contributed by atoms with Gasteiger partial charge >= 0.3 is 12.1 Å². The molecule has 1 atom stereocenters. The van der Waals surface area contributed by atoms with Crippen LogP contribution < -0.4 is 5.32 Å². The zero-order chi connectivity index (χ0) is 27.2. The molecule has 0 fully saturated rings. The van der Waals surface area contributed by atoms with Gasteiger partial charge in [-0.3, -0.25) is 9.59 Å². The predicted octanol–water partition coefficient (Wildman–Crippen LogP) is 3.97. The number of aromatic nitrogens is 2. The maximum atomic E-state index is 13.6. The van der Waals surface area contributed by atoms with Crippen molar-refractivity contribution >= 4 is 18.0 Å². The highest BCUT2D eigenvalue weighted by molar-refractivity contribution is 5.88. The molecule has 5 rings (SSSR count). The first-order chi connectivity index (χ1) is 19.0. The molecule has 39 heavy (non-hydrogen) atoms. The van der Waals surface area contributed by atoms with Gasteiger partial charge in [-0.1, -0.05) is 78.9 Å². The smallest absolute Gasteiger partial charge is 0.407 e. The summed E-state index contributed by atoms with van der Waals surface area (Å²) in [5, 5.41) is 12.1. The van der Waals surface area contributed by atoms with Crippen molar-refractivity contribution in [3.05, 3.63) is 114 Å². The summed E-state index contributed by atoms with van der Waals surface area (Å²) in [5.41, 5.74) is 5.76. The van der Waals surface area contributed by atoms with Crippen molar-refractivity contribution in [2.45, 2.75) is 24.9 Å². The molecule has 2 amide bonds. The van der Waals surface area contributed by atoms with Crippen molar-refractivity contribution in [1.82, 2.24) is 20.2 Å². The fraction of sp³-hybridized carbons (Fsp3) is 0.200. The topological polar surface area (TPSA) is 125 Å². The lowest BCUT2D eigenvalue weighted by molar-refractivity contribution is -0.145. The van der Waals surface area contributed by atoms with Crippen LogP contribution in [0.3, 0.4) is 0 Å². The molecule has 0 radical (unpaired) electrons. The van der Waals surface area contributed by atoms with Crippen LogP contribution in [0.4, 0.5) is 4.79 Å². The Labute approximate surface area is 225 Å². The van der Waals surface area contributed by atoms with E-state index in [1.165, 1.54) is 11.2 Å². The van der Waals surface area contributed by atoms with E-state index in [1.54, 1.807) is 6.20 Å². The first-order valence-corrected chi connectivity index (χ1v) is 12.6. The van der Waals surface area contributed by atoms with Crippen molar-refractivity contribution in [3.63, 3.8) is 0 Å². The average molecular weight is 525 g/mol. The molecule has 0 aliphatic heterocycles. The molecule has 0 saturated carbocycles. The number of rotatable bonds is 10. The number of carboxylic acids is 1. The van der Waals surface area contributed by atoms with E-state index >= 15 is 0 Å². The molecule has 3 N–H and O–H groups in total. The van der Waals surface area contributed by atoms with E-state index in [-0.39, 0.29) is 25.5 Å². The van der Waals surface area contributed by atoms with E-state index in [0.717, 1.165) is 27.8 Å². The van der Waals surface area contributed by atoms with Crippen molar-refractivity contribution in [2.24, 2.45) is 0 Å². The van der Waals surface area contributed by atoms with Gasteiger partial charge in [0, 0.05) is 30.8 Å². The number of fused-ring (bicyclic) bond motifs is 3. The summed E-state index contributed by atoms with van der Waals surface area (Å²) in [6.07, 6.45) is 2.36. The summed E-state index contributed by atoms with van der Waals surface area (Å²) in [5.74, 6) is -1.82. The molecule has 198 valence electrons. The van der Waals surface area contributed by atoms with Gasteiger partial charge in [-0.15, -0.1) is 0 Å². The number of imidazole rings is 1. The van der Waals surface area contributed by atoms with Gasteiger partial charge in [0.15, 0.2) is 0 Å². The molecule has 0 spiro atoms. The quantitative estimate of drug-likeness (QED) is 0.288. The average Bonchev–Trinajstić information content (AvgIpc) is 3.57. The minimum absolute atomic E-state index is 0.0812. The molecule has 3 aromatic carbocycles. The Morgan fingerprint density at radius 1 is 0.949 bits per heavy atom. The number of amides is 2. The summed E-state index contributed by atoms with van der Waals surface area (Å²) in [6.45, 7) is -0.342. The number of ether oxygens (including phenoxy) is 1. The lowest BCUT2D eigenvalue weighted by atomic mass is 9.98. The Balaban J connectivity index is 1.32. The Bertz CT molecular complexity index is 1410. The number of aliphatic carboxylic acids is 1. The number of alkyl carbamates (subject to hydrolysis) is 1. The molecule has 0 bridgehead atoms. The zero-order valence-electron chi connectivity index (χ0n) is 21.1. The first-order valence-electron chi connectivity index (χ1n) is 12.6. The molecule has 1 heterocycles. The van der Waals surface area contributed by atoms with Gasteiger partial charge < -0.3 is 25.0 Å². The SMILES string of the molecule is O=C(O)CN(Cc1ccccc1)C(=O)C(Cc1cnc[nH]1)NC(=O)OCC1c2ccccc2-c2ccccc21. The summed E-state index contributed by atoms with van der Waals surface area (Å²) >= 11 is 0. The minimum Gasteiger partial charge on any atom is -0.480 e. The number of nitrogens with one attached hydrogen (secondary N) is 2. The Morgan fingerprint density at radius 2 is 1.59 bits per heavy atom. The fourth-order valence-corrected chi connectivity index (χ4v) is 5.00. The lowest BCUT2D eigenvalue weighted by Crippen LogP contribution is -2.51. The van der Waals surface area contributed by atoms with Crippen LogP contribution in [-0.4, -0.2) is 57.1 Å². The molecule has 9 nitrogen and oxygen atoms in total. The fourth-order valence-electron chi connectivity index (χ4n) is 5.00. The highest BCUT2D eigenvalue weighted by atomic mass is 16.5. The van der Waals surface area contributed by atoms with Gasteiger partial charge in [-0.2, -0.15) is 0 Å². The molecular formula is C30H28N4O5. The Hall–Kier alpha value is -4.92. The molecule has 1 unspecified atom stereocenters. The second-order valence-corrected chi connectivity index (χ2v) is 9.38. The maximum absolute atomic E-state index is 13.6. The number of hydrogen-bond donors (Lipinski definition) is 3. The van der Waals surface area contributed by atoms with Crippen LogP contribution in [-0.2, 0) is 27.3 Å². The summed E-state index contributed by atoms with van der Waals surface area (Å²) < 4.78 is 5.66. The van der Waals surface area contributed by atoms with Crippen LogP contribution in [0.15, 0.2) is 91.4 Å². The molecule has 9 heteroatoms. The van der Waals surface area contributed by atoms with Gasteiger partial charge in [-0.05, 0) is 27.8 Å². The number of hydrogen-bond acceptors (Lipinski definition) is 5. The van der Waals surface area contributed by atoms with Crippen LogP contribution in [0.5, 0.6) is 0 Å². The molecule has 1 aliphatic carbocycles. The molecule has 0 saturated heterocycles. The van der Waals surface area contributed by atoms with Crippen LogP contribution in [0.1, 0.15) is 28.3 Å². The van der Waals surface area contributed by atoms with E-state index in [4.69, 9.17) is 4.74 Å². The van der Waals surface area contributed by atoms with E-state index in [9.17, 15) is 19.5 Å². The van der Waals surface area contributed by atoms with Crippen LogP contribution in [0.2, 0.25) is 0 Å². The second kappa shape index (κ2) is 11.6. The number of carbonyl (C=O) groups excluding carboxylic acids is 2. The van der Waals surface area contributed by atoms with Crippen molar-refractivity contribution in [2.75, 3.05) is 13.2 Å². The van der Waals surface area contributed by atoms with E-state index in [1.807, 2.05) is 66.7 Å². The highest BCUT2D eigenvalue weighted by Gasteiger charge is 2.31. The number of carbonyl (C=O) groups is 3. The summed E-state index contributed by atoms with van der Waals surface area (Å²) in [7, 11) is 0. The Kier molecular flexibility index (Phi) is 7.68. The monoisotopic (exact) mass is 524 g/mol. The van der Waals surface area contributed by atoms with Crippen LogP contribution in [0.25, 0.3) is 11.1 Å². The largest absolute Gasteiger partial charge is 0.480 e. The molecular weight excluding hydrogens is 496 g/mol. The lowest BCUT2D eigenvalue weighted by Gasteiger charge is -2.26. The van der Waals surface area contributed by atoms with Gasteiger partial charge in [0.25, 0.3) is 0 Å². The van der Waals surface area contributed by atoms with Crippen molar-refractivity contribution in [3.8, 4) is 11.1 Å². The van der Waals surface area contributed by atoms with Gasteiger partial charge in [-0.25, -0.2) is 9.78 Å². The maximum Gasteiger partial charge on any atom is 0.407 e. The number of aromatic amines is 1. The number of carboxylic acid groups (broad SMARTS) is 1. The number of H-pyrrole nitrogens is 1. The van der Waals surface area contributed by atoms with Crippen molar-refractivity contribution < 1.29 is 24.2 Å². The minimum atomic E-state index is -1.15. The van der Waals surface area contributed by atoms with E-state index in [2.05, 4.69) is 27.4 Å². The molecule has 1 aliphatic rings. The Morgan fingerprint density at radius 3 is 2.21 bits per heavy atom. The highest BCUT2D eigenvalue weighted by Crippen LogP contribution is 2.44. The normalized spacial score (nSPS) is 12.7. The number of benzene rings is 3. The number of nitrogens with zero attached hydrogens (tertiary/aromatic N) is 2. The third kappa shape index (κ3) is 5.98. The third-order valence-electron chi connectivity index (χ3n) is 6.77. The summed E-state index contributed by atoms with van der Waals surface area (Å²) in [4.78, 5) is 46.3. The summed E-state index contributed by atoms with van der Waals surface area (Å²) in [6, 6.07) is 24.1. The van der Waals surface area contributed by atoms with Crippen LogP contribution >= 0.6 is 0 Å². The second-order valence-electron chi connectivity index (χ2n) is 9.38. The molecule has 1 aromatic heterocycles. The molecule has 4 aromatic rings. The van der Waals surface area contributed by atoms with Crippen LogP contribution in [0, 0.1) is 0 Å². The standard InChI is InChI=1S/C30H28N4O5/c35-28(36)17-34(16-20-8-2-1-3-9-20)29(37)27(14-21-15-31-19-32-21)33-30(38)39-18-26-24-12-6-4-10-22(24)23-11-5-7-13-25(23)26/h1-13,15,19,26-27H,14,16-18H2,(H,31,32)(H,33,38)(H,35,36). The predicted molar refractivity (Wildman–Crippen MR) is 144 cm³/mol. The first kappa shape index (κ1) is 25.7. The van der Waals surface area contributed by atoms with Crippen molar-refractivity contribution in [1.29, 1.82) is 0 Å².